The fourth-order valence-electron chi connectivity index (χ4n) is 3.84. The second kappa shape index (κ2) is 8.33. The molecule has 4 aromatic heterocycles. The zero-order valence-electron chi connectivity index (χ0n) is 18.0. The Balaban J connectivity index is 1.32. The maximum Gasteiger partial charge on any atom is 0.312 e. The first-order valence-corrected chi connectivity index (χ1v) is 10.9. The Labute approximate surface area is 201 Å². The summed E-state index contributed by atoms with van der Waals surface area (Å²) in [7, 11) is 0. The monoisotopic (exact) mass is 486 g/mol. The molecule has 35 heavy (non-hydrogen) atoms. The van der Waals surface area contributed by atoms with Crippen LogP contribution in [-0.4, -0.2) is 34.9 Å². The molecule has 0 aliphatic heterocycles. The molecule has 172 valence electrons. The smallest absolute Gasteiger partial charge is 0.312 e. The van der Waals surface area contributed by atoms with Gasteiger partial charge in [0.25, 0.3) is 0 Å². The number of hydrogen-bond donors (Lipinski definition) is 3. The van der Waals surface area contributed by atoms with E-state index in [0.717, 1.165) is 11.1 Å². The summed E-state index contributed by atoms with van der Waals surface area (Å²) in [5.41, 5.74) is 4.25. The number of pyridine rings is 1. The molecule has 0 unspecified atom stereocenters. The van der Waals surface area contributed by atoms with E-state index in [1.165, 1.54) is 10.7 Å². The molecule has 2 aromatic carbocycles. The summed E-state index contributed by atoms with van der Waals surface area (Å²) in [6, 6.07) is 13.7. The Hall–Kier alpha value is -4.57. The van der Waals surface area contributed by atoms with Crippen LogP contribution >= 0.6 is 11.6 Å². The molecule has 0 amide bonds. The number of halogens is 2. The Bertz CT molecular complexity index is 1730. The van der Waals surface area contributed by atoms with E-state index >= 15 is 4.39 Å². The lowest BCUT2D eigenvalue weighted by Gasteiger charge is -2.07. The van der Waals surface area contributed by atoms with E-state index < -0.39 is 5.82 Å². The Morgan fingerprint density at radius 2 is 2.00 bits per heavy atom. The number of imidazole rings is 1. The topological polar surface area (TPSA) is 125 Å². The molecule has 6 rings (SSSR count). The molecule has 0 saturated carbocycles. The summed E-state index contributed by atoms with van der Waals surface area (Å²) in [4.78, 5) is 12.1. The molecule has 0 saturated heterocycles. The van der Waals surface area contributed by atoms with Gasteiger partial charge in [-0.15, -0.1) is 5.10 Å². The maximum atomic E-state index is 15.2. The number of aromatic nitrogens is 7. The lowest BCUT2D eigenvalue weighted by atomic mass is 10.0. The molecule has 0 atom stereocenters. The third-order valence-corrected chi connectivity index (χ3v) is 5.79. The van der Waals surface area contributed by atoms with Gasteiger partial charge in [-0.1, -0.05) is 29.8 Å². The number of nitrogens with one attached hydrogen (secondary N) is 3. The first-order valence-electron chi connectivity index (χ1n) is 10.6. The summed E-state index contributed by atoms with van der Waals surface area (Å²) in [5.74, 6) is 0.425. The van der Waals surface area contributed by atoms with Crippen LogP contribution in [0.15, 0.2) is 71.5 Å². The minimum atomic E-state index is -0.429. The fourth-order valence-corrected chi connectivity index (χ4v) is 4.03. The van der Waals surface area contributed by atoms with Crippen LogP contribution in [0, 0.1) is 11.2 Å². The van der Waals surface area contributed by atoms with Crippen LogP contribution in [0.4, 0.5) is 4.39 Å². The van der Waals surface area contributed by atoms with Gasteiger partial charge in [-0.25, -0.2) is 24.4 Å². The maximum absolute atomic E-state index is 15.2. The van der Waals surface area contributed by atoms with Crippen LogP contribution < -0.4 is 5.68 Å². The van der Waals surface area contributed by atoms with Crippen molar-refractivity contribution in [2.24, 2.45) is 0 Å². The van der Waals surface area contributed by atoms with Crippen molar-refractivity contribution in [2.75, 3.05) is 0 Å². The first-order chi connectivity index (χ1) is 17.0. The van der Waals surface area contributed by atoms with Gasteiger partial charge in [-0.3, -0.25) is 5.10 Å². The third kappa shape index (κ3) is 3.89. The van der Waals surface area contributed by atoms with Crippen LogP contribution in [-0.2, 0) is 6.54 Å². The van der Waals surface area contributed by atoms with Crippen molar-refractivity contribution < 1.29 is 8.81 Å². The second-order valence-corrected chi connectivity index (χ2v) is 8.25. The van der Waals surface area contributed by atoms with E-state index in [-0.39, 0.29) is 18.1 Å². The number of aromatic amines is 2. The van der Waals surface area contributed by atoms with E-state index in [1.54, 1.807) is 55.0 Å². The van der Waals surface area contributed by atoms with Crippen molar-refractivity contribution in [1.29, 1.82) is 5.41 Å². The molecule has 0 radical (unpaired) electrons. The quantitative estimate of drug-likeness (QED) is 0.323. The van der Waals surface area contributed by atoms with Crippen LogP contribution in [0.2, 0.25) is 5.02 Å². The normalized spacial score (nSPS) is 11.4. The highest BCUT2D eigenvalue weighted by Crippen LogP contribution is 2.29. The van der Waals surface area contributed by atoms with Crippen molar-refractivity contribution in [3.8, 4) is 34.0 Å². The molecule has 4 heterocycles. The van der Waals surface area contributed by atoms with E-state index in [1.807, 2.05) is 6.07 Å². The predicted molar refractivity (Wildman–Crippen MR) is 127 cm³/mol. The summed E-state index contributed by atoms with van der Waals surface area (Å²) in [6.07, 6.45) is 5.02. The zero-order valence-corrected chi connectivity index (χ0v) is 18.7. The Kier molecular flexibility index (Phi) is 5.00. The van der Waals surface area contributed by atoms with Gasteiger partial charge in [-0.2, -0.15) is 5.10 Å². The number of benzene rings is 2. The number of rotatable bonds is 5. The van der Waals surface area contributed by atoms with Crippen molar-refractivity contribution in [2.45, 2.75) is 6.54 Å². The highest BCUT2D eigenvalue weighted by Gasteiger charge is 2.15. The standard InChI is InChI=1S/C24H16ClFN8O/c25-17-3-1-2-14(8-17)23-33-34(24(27)35-23)12-15-5-4-13(9-19(15)26)18-6-7-28-22-20(18)31-21(32-22)16-10-29-30-11-16/h1-11,27H,12H2,(H,29,30)(H,28,31,32). The van der Waals surface area contributed by atoms with E-state index in [0.29, 0.717) is 38.7 Å². The average Bonchev–Trinajstić information content (AvgIpc) is 3.60. The zero-order chi connectivity index (χ0) is 23.9. The SMILES string of the molecule is N=c1oc(-c2cccc(Cl)c2)nn1Cc1ccc(-c2ccnc3nc(-c4cn[nH]c4)[nH]c23)cc1F. The summed E-state index contributed by atoms with van der Waals surface area (Å²) in [5, 5.41) is 19.6. The third-order valence-electron chi connectivity index (χ3n) is 5.56. The first kappa shape index (κ1) is 21.0. The molecule has 9 nitrogen and oxygen atoms in total. The van der Waals surface area contributed by atoms with Gasteiger partial charge in [0, 0.05) is 34.1 Å². The lowest BCUT2D eigenvalue weighted by Crippen LogP contribution is -2.17. The van der Waals surface area contributed by atoms with Gasteiger partial charge in [0.05, 0.1) is 23.8 Å². The number of nitrogens with zero attached hydrogens (tertiary/aromatic N) is 5. The van der Waals surface area contributed by atoms with Gasteiger partial charge >= 0.3 is 5.68 Å². The van der Waals surface area contributed by atoms with Crippen molar-refractivity contribution in [3.05, 3.63) is 89.2 Å². The van der Waals surface area contributed by atoms with Crippen LogP contribution in [0.5, 0.6) is 0 Å². The largest absolute Gasteiger partial charge is 0.404 e. The van der Waals surface area contributed by atoms with Crippen LogP contribution in [0.3, 0.4) is 0 Å². The van der Waals surface area contributed by atoms with Gasteiger partial charge in [0.1, 0.15) is 11.6 Å². The molecule has 11 heteroatoms. The molecule has 0 aliphatic carbocycles. The van der Waals surface area contributed by atoms with E-state index in [9.17, 15) is 0 Å². The summed E-state index contributed by atoms with van der Waals surface area (Å²) >= 11 is 6.03. The number of hydrogen-bond acceptors (Lipinski definition) is 6. The molecular formula is C24H16ClFN8O. The minimum absolute atomic E-state index is 0.0372. The molecule has 6 aromatic rings. The van der Waals surface area contributed by atoms with Crippen molar-refractivity contribution in [1.82, 2.24) is 34.9 Å². The van der Waals surface area contributed by atoms with Crippen LogP contribution in [0.25, 0.3) is 45.1 Å². The Morgan fingerprint density at radius 1 is 1.09 bits per heavy atom. The Morgan fingerprint density at radius 3 is 2.80 bits per heavy atom. The van der Waals surface area contributed by atoms with E-state index in [4.69, 9.17) is 21.4 Å². The van der Waals surface area contributed by atoms with Gasteiger partial charge in [0.2, 0.25) is 5.89 Å². The molecule has 0 fully saturated rings. The van der Waals surface area contributed by atoms with Gasteiger partial charge in [-0.05, 0) is 35.9 Å². The second-order valence-electron chi connectivity index (χ2n) is 7.82. The predicted octanol–water partition coefficient (Wildman–Crippen LogP) is 4.79. The molecular weight excluding hydrogens is 471 g/mol. The van der Waals surface area contributed by atoms with Gasteiger partial charge < -0.3 is 9.40 Å². The lowest BCUT2D eigenvalue weighted by molar-refractivity contribution is 0.461. The molecule has 0 bridgehead atoms. The van der Waals surface area contributed by atoms with Gasteiger partial charge in [0.15, 0.2) is 5.65 Å². The molecule has 0 spiro atoms. The highest BCUT2D eigenvalue weighted by atomic mass is 35.5. The van der Waals surface area contributed by atoms with Crippen LogP contribution in [0.1, 0.15) is 5.56 Å². The van der Waals surface area contributed by atoms with Crippen molar-refractivity contribution >= 4 is 22.8 Å². The van der Waals surface area contributed by atoms with E-state index in [2.05, 4.69) is 30.2 Å². The summed E-state index contributed by atoms with van der Waals surface area (Å²) in [6.45, 7) is 0.0372. The highest BCUT2D eigenvalue weighted by molar-refractivity contribution is 6.30. The number of fused-ring (bicyclic) bond motifs is 1. The molecule has 3 N–H and O–H groups in total. The fraction of sp³-hybridized carbons (Fsp3) is 0.0417. The summed E-state index contributed by atoms with van der Waals surface area (Å²) < 4.78 is 21.9. The average molecular weight is 487 g/mol. The van der Waals surface area contributed by atoms with Crippen molar-refractivity contribution in [3.63, 3.8) is 0 Å². The number of H-pyrrole nitrogens is 2. The molecule has 0 aliphatic rings. The minimum Gasteiger partial charge on any atom is -0.404 e.